The quantitative estimate of drug-likeness (QED) is 0.0718. The van der Waals surface area contributed by atoms with Crippen LogP contribution in [0.15, 0.2) is 139 Å². The number of benzene rings is 6. The highest BCUT2D eigenvalue weighted by molar-refractivity contribution is 9.11. The molecule has 0 heterocycles. The molecule has 0 unspecified atom stereocenters. The van der Waals surface area contributed by atoms with E-state index >= 15 is 0 Å². The Labute approximate surface area is 407 Å². The first kappa shape index (κ1) is 50.1. The Hall–Kier alpha value is -5.30. The number of halogens is 10. The molecule has 0 aromatic heterocycles. The highest BCUT2D eigenvalue weighted by atomic mass is 79.9. The zero-order valence-corrected chi connectivity index (χ0v) is 40.9. The zero-order valence-electron chi connectivity index (χ0n) is 34.6. The van der Waals surface area contributed by atoms with Gasteiger partial charge in [0.15, 0.2) is 5.75 Å². The minimum atomic E-state index is -5.89. The van der Waals surface area contributed by atoms with E-state index < -0.39 is 72.9 Å². The summed E-state index contributed by atoms with van der Waals surface area (Å²) in [5.74, 6) is -2.81. The van der Waals surface area contributed by atoms with Crippen LogP contribution in [0.2, 0.25) is 0 Å². The Bertz CT molecular complexity index is 2770. The molecule has 0 bridgehead atoms. The largest absolute Gasteiger partial charge is 0.465 e. The van der Waals surface area contributed by atoms with Crippen LogP contribution < -0.4 is 14.2 Å². The third-order valence-corrected chi connectivity index (χ3v) is 13.5. The topological polar surface area (TPSA) is 105 Å². The summed E-state index contributed by atoms with van der Waals surface area (Å²) in [6, 6.07) is 27.3. The van der Waals surface area contributed by atoms with Gasteiger partial charge in [0.2, 0.25) is 5.41 Å². The SMILES string of the molecule is COC(=O)c1ccc(C(=O)Oc2ccc(C(C)(C)c3ccc(OC(=O)c4ccc(C(=O)Oc5c(Br)cc(C(c6cc(Br)c(C)c(Br)c6)(C(F)(F)F)C(F)(F)F)cc5Br)cc4)cc3)cc2)cc1. The van der Waals surface area contributed by atoms with Crippen molar-refractivity contribution < 1.29 is 64.5 Å². The van der Waals surface area contributed by atoms with Crippen LogP contribution >= 0.6 is 63.7 Å². The van der Waals surface area contributed by atoms with Crippen molar-refractivity contribution in [3.05, 3.63) is 189 Å². The third-order valence-electron chi connectivity index (χ3n) is 10.7. The minimum absolute atomic E-state index is 0.0104. The van der Waals surface area contributed by atoms with Gasteiger partial charge >= 0.3 is 36.2 Å². The van der Waals surface area contributed by atoms with Gasteiger partial charge in [0.05, 0.1) is 38.3 Å². The number of esters is 4. The lowest BCUT2D eigenvalue weighted by molar-refractivity contribution is -0.288. The molecule has 0 radical (unpaired) electrons. The monoisotopic (exact) mass is 1170 g/mol. The predicted molar refractivity (Wildman–Crippen MR) is 245 cm³/mol. The van der Waals surface area contributed by atoms with Crippen molar-refractivity contribution in [2.75, 3.05) is 7.11 Å². The van der Waals surface area contributed by atoms with Crippen LogP contribution in [0, 0.1) is 6.92 Å². The molecule has 342 valence electrons. The fraction of sp³-hybridized carbons (Fsp3) is 0.167. The summed E-state index contributed by atoms with van der Waals surface area (Å²) >= 11 is 12.1. The lowest BCUT2D eigenvalue weighted by Crippen LogP contribution is -2.54. The summed E-state index contributed by atoms with van der Waals surface area (Å²) in [6.45, 7) is 5.47. The molecule has 0 saturated carbocycles. The molecule has 18 heteroatoms. The second-order valence-corrected chi connectivity index (χ2v) is 18.5. The molecule has 6 aromatic rings. The zero-order chi connectivity index (χ0) is 48.5. The fourth-order valence-corrected chi connectivity index (χ4v) is 9.38. The molecule has 6 aromatic carbocycles. The second kappa shape index (κ2) is 19.5. The highest BCUT2D eigenvalue weighted by Crippen LogP contribution is 2.58. The van der Waals surface area contributed by atoms with Gasteiger partial charge in [-0.25, -0.2) is 19.2 Å². The summed E-state index contributed by atoms with van der Waals surface area (Å²) in [7, 11) is 1.26. The summed E-state index contributed by atoms with van der Waals surface area (Å²) in [4.78, 5) is 50.6. The van der Waals surface area contributed by atoms with Gasteiger partial charge in [-0.15, -0.1) is 0 Å². The summed E-state index contributed by atoms with van der Waals surface area (Å²) in [5.41, 5.74) is -4.75. The van der Waals surface area contributed by atoms with Crippen LogP contribution in [0.25, 0.3) is 0 Å². The Kier molecular flexibility index (Phi) is 14.8. The molecule has 0 fully saturated rings. The van der Waals surface area contributed by atoms with Crippen LogP contribution in [-0.4, -0.2) is 43.3 Å². The molecule has 0 spiro atoms. The van der Waals surface area contributed by atoms with E-state index in [1.807, 2.05) is 26.0 Å². The van der Waals surface area contributed by atoms with Crippen molar-refractivity contribution in [2.45, 2.75) is 44.0 Å². The molecule has 0 aliphatic carbocycles. The van der Waals surface area contributed by atoms with E-state index in [-0.39, 0.29) is 31.4 Å². The van der Waals surface area contributed by atoms with Crippen molar-refractivity contribution in [3.63, 3.8) is 0 Å². The lowest BCUT2D eigenvalue weighted by atomic mass is 9.72. The first-order valence-electron chi connectivity index (χ1n) is 19.1. The maximum atomic E-state index is 14.9. The molecule has 8 nitrogen and oxygen atoms in total. The molecule has 0 amide bonds. The number of carbonyl (C=O) groups excluding carboxylic acids is 4. The van der Waals surface area contributed by atoms with Gasteiger partial charge in [0, 0.05) is 14.4 Å². The summed E-state index contributed by atoms with van der Waals surface area (Å²) in [6.07, 6.45) is -11.8. The van der Waals surface area contributed by atoms with Crippen LogP contribution in [0.1, 0.15) is 83.1 Å². The Morgan fingerprint density at radius 1 is 0.439 bits per heavy atom. The van der Waals surface area contributed by atoms with E-state index in [0.717, 1.165) is 23.3 Å². The van der Waals surface area contributed by atoms with Gasteiger partial charge in [0.1, 0.15) is 11.5 Å². The minimum Gasteiger partial charge on any atom is -0.465 e. The van der Waals surface area contributed by atoms with Crippen molar-refractivity contribution in [2.24, 2.45) is 0 Å². The van der Waals surface area contributed by atoms with Crippen LogP contribution in [0.5, 0.6) is 17.2 Å². The van der Waals surface area contributed by atoms with Crippen LogP contribution in [-0.2, 0) is 15.6 Å². The molecule has 0 aliphatic rings. The maximum Gasteiger partial charge on any atom is 0.411 e. The predicted octanol–water partition coefficient (Wildman–Crippen LogP) is 14.2. The average Bonchev–Trinajstić information content (AvgIpc) is 3.26. The second-order valence-electron chi connectivity index (χ2n) is 15.1. The van der Waals surface area contributed by atoms with E-state index in [4.69, 9.17) is 14.2 Å². The van der Waals surface area contributed by atoms with E-state index in [1.165, 1.54) is 62.6 Å². The maximum absolute atomic E-state index is 14.9. The molecule has 0 aliphatic heterocycles. The first-order chi connectivity index (χ1) is 30.9. The molecule has 6 rings (SSSR count). The number of methoxy groups -OCH3 is 1. The number of rotatable bonds is 11. The Morgan fingerprint density at radius 2 is 0.742 bits per heavy atom. The van der Waals surface area contributed by atoms with Gasteiger partial charge in [-0.05, 0) is 164 Å². The molecule has 66 heavy (non-hydrogen) atoms. The number of alkyl halides is 6. The first-order valence-corrected chi connectivity index (χ1v) is 22.3. The van der Waals surface area contributed by atoms with Gasteiger partial charge < -0.3 is 18.9 Å². The number of hydrogen-bond acceptors (Lipinski definition) is 8. The fourth-order valence-electron chi connectivity index (χ4n) is 6.85. The van der Waals surface area contributed by atoms with Crippen molar-refractivity contribution in [3.8, 4) is 17.2 Å². The molecular weight excluding hydrogens is 1140 g/mol. The van der Waals surface area contributed by atoms with E-state index in [0.29, 0.717) is 29.0 Å². The molecule has 0 saturated heterocycles. The smallest absolute Gasteiger partial charge is 0.411 e. The van der Waals surface area contributed by atoms with Crippen LogP contribution in [0.3, 0.4) is 0 Å². The van der Waals surface area contributed by atoms with Gasteiger partial charge in [-0.3, -0.25) is 0 Å². The highest BCUT2D eigenvalue weighted by Gasteiger charge is 2.72. The van der Waals surface area contributed by atoms with Gasteiger partial charge in [-0.1, -0.05) is 70.0 Å². The van der Waals surface area contributed by atoms with E-state index in [2.05, 4.69) is 68.5 Å². The van der Waals surface area contributed by atoms with Gasteiger partial charge in [-0.2, -0.15) is 26.3 Å². The Balaban J connectivity index is 1.11. The average molecular weight is 1170 g/mol. The van der Waals surface area contributed by atoms with Crippen molar-refractivity contribution in [1.29, 1.82) is 0 Å². The van der Waals surface area contributed by atoms with E-state index in [9.17, 15) is 45.5 Å². The number of hydrogen-bond donors (Lipinski definition) is 0. The normalized spacial score (nSPS) is 12.0. The molecule has 0 atom stereocenters. The summed E-state index contributed by atoms with van der Waals surface area (Å²) < 4.78 is 110. The third kappa shape index (κ3) is 10.2. The summed E-state index contributed by atoms with van der Waals surface area (Å²) in [5, 5.41) is 0. The van der Waals surface area contributed by atoms with Gasteiger partial charge in [0.25, 0.3) is 0 Å². The molecule has 0 N–H and O–H groups in total. The number of carbonyl (C=O) groups is 4. The van der Waals surface area contributed by atoms with Crippen molar-refractivity contribution in [1.82, 2.24) is 0 Å². The number of ether oxygens (including phenoxy) is 4. The molecular formula is C48H32Br4F6O8. The standard InChI is InChI=1S/C48H32Br4F6O8/c1-25-36(49)21-32(22-37(25)50)46(47(53,54)55,48(56,57)58)33-23-38(51)40(39(52)24-33)66-44(62)29-11-9-28(10-12-29)43(61)65-35-19-15-31(16-20-35)45(2,3)30-13-17-34(18-14-30)64-42(60)27-7-5-26(6-8-27)41(59)63-4/h5-24H,1-4H3. The van der Waals surface area contributed by atoms with E-state index in [1.54, 1.807) is 36.4 Å². The van der Waals surface area contributed by atoms with Crippen LogP contribution in [0.4, 0.5) is 26.3 Å². The van der Waals surface area contributed by atoms with Crippen molar-refractivity contribution >= 4 is 87.6 Å². The lowest BCUT2D eigenvalue weighted by Gasteiger charge is -2.39. The Morgan fingerprint density at radius 3 is 1.06 bits per heavy atom.